The highest BCUT2D eigenvalue weighted by atomic mass is 32.2. The molecule has 0 aliphatic carbocycles. The molecule has 158 valence electrons. The van der Waals surface area contributed by atoms with E-state index in [2.05, 4.69) is 12.2 Å². The van der Waals surface area contributed by atoms with Gasteiger partial charge in [0, 0.05) is 17.0 Å². The number of thioether (sulfide) groups is 1. The smallest absolute Gasteiger partial charge is 0.336 e. The fraction of sp³-hybridized carbons (Fsp3) is 0.476. The number of carbonyl (C=O) groups excluding carboxylic acids is 1. The van der Waals surface area contributed by atoms with E-state index < -0.39 is 23.5 Å². The van der Waals surface area contributed by atoms with Crippen molar-refractivity contribution in [2.24, 2.45) is 0 Å². The standard InChI is InChI=1S/C21H27NO6S/c1-4-5-6-14-11-19(24)28-20-13(2)17(8-7-15(14)20)27-12-18(23)22-16(21(25)26)9-10-29-3/h7-8,11,16H,4-6,9-10,12H2,1-3H3,(H,22,23)(H,25,26)/t16-/m0/s1. The number of ether oxygens (including phenoxy) is 1. The third-order valence-electron chi connectivity index (χ3n) is 4.60. The molecule has 1 heterocycles. The first kappa shape index (κ1) is 22.8. The van der Waals surface area contributed by atoms with E-state index >= 15 is 0 Å². The average molecular weight is 422 g/mol. The maximum atomic E-state index is 12.1. The zero-order valence-electron chi connectivity index (χ0n) is 16.9. The molecule has 8 heteroatoms. The summed E-state index contributed by atoms with van der Waals surface area (Å²) in [5.41, 5.74) is 1.59. The van der Waals surface area contributed by atoms with Crippen LogP contribution in [-0.2, 0) is 16.0 Å². The van der Waals surface area contributed by atoms with Crippen LogP contribution in [0.3, 0.4) is 0 Å². The van der Waals surface area contributed by atoms with Crippen LogP contribution in [0.5, 0.6) is 5.75 Å². The summed E-state index contributed by atoms with van der Waals surface area (Å²) in [6.45, 7) is 3.53. The number of carboxylic acids is 1. The van der Waals surface area contributed by atoms with E-state index in [9.17, 15) is 19.5 Å². The van der Waals surface area contributed by atoms with Crippen molar-refractivity contribution in [3.63, 3.8) is 0 Å². The minimum atomic E-state index is -1.07. The van der Waals surface area contributed by atoms with E-state index in [1.807, 2.05) is 12.3 Å². The second kappa shape index (κ2) is 10.9. The van der Waals surface area contributed by atoms with Crippen molar-refractivity contribution in [2.75, 3.05) is 18.6 Å². The van der Waals surface area contributed by atoms with Gasteiger partial charge in [-0.3, -0.25) is 4.79 Å². The Morgan fingerprint density at radius 1 is 1.34 bits per heavy atom. The maximum absolute atomic E-state index is 12.1. The van der Waals surface area contributed by atoms with Crippen LogP contribution in [0.1, 0.15) is 37.3 Å². The monoisotopic (exact) mass is 421 g/mol. The number of unbranched alkanes of at least 4 members (excludes halogenated alkanes) is 1. The van der Waals surface area contributed by atoms with Crippen LogP contribution in [0.2, 0.25) is 0 Å². The van der Waals surface area contributed by atoms with E-state index in [4.69, 9.17) is 9.15 Å². The van der Waals surface area contributed by atoms with Crippen LogP contribution in [-0.4, -0.2) is 41.6 Å². The molecular formula is C21H27NO6S. The Bertz CT molecular complexity index is 923. The molecule has 29 heavy (non-hydrogen) atoms. The van der Waals surface area contributed by atoms with Crippen molar-refractivity contribution in [3.8, 4) is 5.75 Å². The molecular weight excluding hydrogens is 394 g/mol. The molecule has 0 aliphatic heterocycles. The van der Waals surface area contributed by atoms with Gasteiger partial charge < -0.3 is 19.6 Å². The Morgan fingerprint density at radius 3 is 2.76 bits per heavy atom. The van der Waals surface area contributed by atoms with Crippen molar-refractivity contribution in [1.82, 2.24) is 5.32 Å². The summed E-state index contributed by atoms with van der Waals surface area (Å²) < 4.78 is 11.0. The lowest BCUT2D eigenvalue weighted by Gasteiger charge is -2.15. The number of rotatable bonds is 11. The molecule has 2 aromatic rings. The van der Waals surface area contributed by atoms with Crippen molar-refractivity contribution in [3.05, 3.63) is 39.7 Å². The van der Waals surface area contributed by atoms with E-state index in [0.717, 1.165) is 30.2 Å². The van der Waals surface area contributed by atoms with E-state index in [0.29, 0.717) is 29.1 Å². The quantitative estimate of drug-likeness (QED) is 0.537. The lowest BCUT2D eigenvalue weighted by molar-refractivity contribution is -0.142. The first-order valence-corrected chi connectivity index (χ1v) is 11.0. The van der Waals surface area contributed by atoms with Crippen LogP contribution in [0, 0.1) is 6.92 Å². The topological polar surface area (TPSA) is 106 Å². The van der Waals surface area contributed by atoms with Gasteiger partial charge in [0.25, 0.3) is 5.91 Å². The molecule has 0 unspecified atom stereocenters. The van der Waals surface area contributed by atoms with Crippen molar-refractivity contribution in [2.45, 2.75) is 45.6 Å². The summed E-state index contributed by atoms with van der Waals surface area (Å²) >= 11 is 1.51. The molecule has 0 bridgehead atoms. The number of aryl methyl sites for hydroxylation is 2. The lowest BCUT2D eigenvalue weighted by Crippen LogP contribution is -2.43. The maximum Gasteiger partial charge on any atom is 0.336 e. The molecule has 1 aromatic heterocycles. The fourth-order valence-corrected chi connectivity index (χ4v) is 3.48. The molecule has 0 fully saturated rings. The molecule has 1 amide bonds. The zero-order valence-corrected chi connectivity index (χ0v) is 17.8. The SMILES string of the molecule is CCCCc1cc(=O)oc2c(C)c(OCC(=O)N[C@@H](CCSC)C(=O)O)ccc12. The second-order valence-corrected chi connectivity index (χ2v) is 7.77. The molecule has 1 atom stereocenters. The normalized spacial score (nSPS) is 12.0. The Morgan fingerprint density at radius 2 is 2.10 bits per heavy atom. The molecule has 0 aliphatic rings. The van der Waals surface area contributed by atoms with E-state index in [-0.39, 0.29) is 6.61 Å². The van der Waals surface area contributed by atoms with Crippen LogP contribution < -0.4 is 15.7 Å². The van der Waals surface area contributed by atoms with Gasteiger partial charge in [-0.1, -0.05) is 13.3 Å². The highest BCUT2D eigenvalue weighted by Gasteiger charge is 2.20. The van der Waals surface area contributed by atoms with Gasteiger partial charge in [-0.25, -0.2) is 9.59 Å². The summed E-state index contributed by atoms with van der Waals surface area (Å²) in [4.78, 5) is 35.3. The summed E-state index contributed by atoms with van der Waals surface area (Å²) in [6.07, 6.45) is 4.98. The summed E-state index contributed by atoms with van der Waals surface area (Å²) in [7, 11) is 0. The van der Waals surface area contributed by atoms with Crippen molar-refractivity contribution >= 4 is 34.6 Å². The van der Waals surface area contributed by atoms with Crippen LogP contribution in [0.15, 0.2) is 27.4 Å². The number of carbonyl (C=O) groups is 2. The van der Waals surface area contributed by atoms with E-state index in [1.165, 1.54) is 17.8 Å². The van der Waals surface area contributed by atoms with Gasteiger partial charge >= 0.3 is 11.6 Å². The third-order valence-corrected chi connectivity index (χ3v) is 5.24. The summed E-state index contributed by atoms with van der Waals surface area (Å²) in [5, 5.41) is 12.5. The Hall–Kier alpha value is -2.48. The van der Waals surface area contributed by atoms with Gasteiger partial charge in [-0.2, -0.15) is 11.8 Å². The molecule has 0 saturated heterocycles. The zero-order chi connectivity index (χ0) is 21.4. The summed E-state index contributed by atoms with van der Waals surface area (Å²) in [6, 6.07) is 4.13. The molecule has 0 saturated carbocycles. The Kier molecular flexibility index (Phi) is 8.57. The predicted octanol–water partition coefficient (Wildman–Crippen LogP) is 3.15. The Labute approximate surface area is 173 Å². The minimum absolute atomic E-state index is 0.324. The number of amides is 1. The third kappa shape index (κ3) is 6.25. The molecule has 0 spiro atoms. The van der Waals surface area contributed by atoms with Gasteiger partial charge in [0.1, 0.15) is 17.4 Å². The van der Waals surface area contributed by atoms with Gasteiger partial charge in [0.15, 0.2) is 6.61 Å². The molecule has 7 nitrogen and oxygen atoms in total. The predicted molar refractivity (Wildman–Crippen MR) is 114 cm³/mol. The van der Waals surface area contributed by atoms with E-state index in [1.54, 1.807) is 13.0 Å². The van der Waals surface area contributed by atoms with Crippen LogP contribution in [0.25, 0.3) is 11.0 Å². The minimum Gasteiger partial charge on any atom is -0.483 e. The number of hydrogen-bond acceptors (Lipinski definition) is 6. The van der Waals surface area contributed by atoms with Gasteiger partial charge in [0.05, 0.1) is 0 Å². The number of nitrogens with one attached hydrogen (secondary N) is 1. The lowest BCUT2D eigenvalue weighted by atomic mass is 10.0. The number of hydrogen-bond donors (Lipinski definition) is 2. The average Bonchev–Trinajstić information content (AvgIpc) is 2.69. The molecule has 2 rings (SSSR count). The van der Waals surface area contributed by atoms with Crippen molar-refractivity contribution in [1.29, 1.82) is 0 Å². The Balaban J connectivity index is 2.14. The fourth-order valence-electron chi connectivity index (χ4n) is 3.01. The van der Waals surface area contributed by atoms with Gasteiger partial charge in [-0.15, -0.1) is 0 Å². The number of carboxylic acid groups (broad SMARTS) is 1. The second-order valence-electron chi connectivity index (χ2n) is 6.79. The van der Waals surface area contributed by atoms with Gasteiger partial charge in [0.2, 0.25) is 0 Å². The van der Waals surface area contributed by atoms with Gasteiger partial charge in [-0.05, 0) is 55.9 Å². The summed E-state index contributed by atoms with van der Waals surface area (Å²) in [5.74, 6) is -0.548. The van der Waals surface area contributed by atoms with Crippen LogP contribution >= 0.6 is 11.8 Å². The molecule has 2 N–H and O–H groups in total. The number of benzene rings is 1. The first-order valence-electron chi connectivity index (χ1n) is 9.57. The largest absolute Gasteiger partial charge is 0.483 e. The number of aliphatic carboxylic acids is 1. The number of fused-ring (bicyclic) bond motifs is 1. The first-order chi connectivity index (χ1) is 13.9. The highest BCUT2D eigenvalue weighted by molar-refractivity contribution is 7.98. The molecule has 1 aromatic carbocycles. The van der Waals surface area contributed by atoms with Crippen molar-refractivity contribution < 1.29 is 23.8 Å². The highest BCUT2D eigenvalue weighted by Crippen LogP contribution is 2.29. The molecule has 0 radical (unpaired) electrons. The van der Waals surface area contributed by atoms with Crippen LogP contribution in [0.4, 0.5) is 0 Å².